The van der Waals surface area contributed by atoms with E-state index < -0.39 is 0 Å². The lowest BCUT2D eigenvalue weighted by molar-refractivity contribution is -0.111. The van der Waals surface area contributed by atoms with Crippen molar-refractivity contribution >= 4 is 29.3 Å². The van der Waals surface area contributed by atoms with Gasteiger partial charge >= 0.3 is 0 Å². The SMILES string of the molecule is O=C(/C=C/c1cc(Cl)c2c(c1)OCCO2)Nc1ccc(-c2cnco2)cc1. The third kappa shape index (κ3) is 3.96. The first-order valence-corrected chi connectivity index (χ1v) is 8.64. The second kappa shape index (κ2) is 7.55. The Labute approximate surface area is 160 Å². The molecule has 0 unspecified atom stereocenters. The predicted molar refractivity (Wildman–Crippen MR) is 102 cm³/mol. The molecule has 0 saturated heterocycles. The zero-order chi connectivity index (χ0) is 18.6. The van der Waals surface area contributed by atoms with Crippen LogP contribution in [0.25, 0.3) is 17.4 Å². The highest BCUT2D eigenvalue weighted by Crippen LogP contribution is 2.38. The van der Waals surface area contributed by atoms with Crippen molar-refractivity contribution in [1.82, 2.24) is 4.98 Å². The molecule has 1 amide bonds. The number of halogens is 1. The molecule has 136 valence electrons. The lowest BCUT2D eigenvalue weighted by Crippen LogP contribution is -2.15. The minimum Gasteiger partial charge on any atom is -0.486 e. The Bertz CT molecular complexity index is 982. The maximum absolute atomic E-state index is 12.2. The van der Waals surface area contributed by atoms with E-state index in [1.165, 1.54) is 12.5 Å². The molecule has 1 aliphatic rings. The number of hydrogen-bond acceptors (Lipinski definition) is 5. The normalized spacial score (nSPS) is 12.9. The molecule has 1 N–H and O–H groups in total. The molecular formula is C20H15ClN2O4. The van der Waals surface area contributed by atoms with E-state index in [0.29, 0.717) is 41.2 Å². The van der Waals surface area contributed by atoms with Crippen molar-refractivity contribution in [2.45, 2.75) is 0 Å². The number of aromatic nitrogens is 1. The number of oxazole rings is 1. The zero-order valence-electron chi connectivity index (χ0n) is 14.1. The van der Waals surface area contributed by atoms with Gasteiger partial charge in [0.05, 0.1) is 11.2 Å². The fraction of sp³-hybridized carbons (Fsp3) is 0.100. The summed E-state index contributed by atoms with van der Waals surface area (Å²) >= 11 is 6.20. The maximum Gasteiger partial charge on any atom is 0.248 e. The standard InChI is InChI=1S/C20H15ClN2O4/c21-16-9-13(10-17-20(16)26-8-7-25-17)1-6-19(24)23-15-4-2-14(3-5-15)18-11-22-12-27-18/h1-6,9-12H,7-8H2,(H,23,24)/b6-1+. The van der Waals surface area contributed by atoms with E-state index in [1.54, 1.807) is 36.5 Å². The van der Waals surface area contributed by atoms with E-state index in [-0.39, 0.29) is 5.91 Å². The van der Waals surface area contributed by atoms with Crippen LogP contribution >= 0.6 is 11.6 Å². The lowest BCUT2D eigenvalue weighted by Gasteiger charge is -2.19. The van der Waals surface area contributed by atoms with E-state index >= 15 is 0 Å². The van der Waals surface area contributed by atoms with Gasteiger partial charge in [0.2, 0.25) is 5.91 Å². The minimum atomic E-state index is -0.256. The first-order valence-electron chi connectivity index (χ1n) is 8.26. The number of carbonyl (C=O) groups is 1. The number of hydrogen-bond donors (Lipinski definition) is 1. The zero-order valence-corrected chi connectivity index (χ0v) is 14.9. The summed E-state index contributed by atoms with van der Waals surface area (Å²) < 4.78 is 16.3. The number of nitrogens with zero attached hydrogens (tertiary/aromatic N) is 1. The molecule has 0 bridgehead atoms. The number of amides is 1. The van der Waals surface area contributed by atoms with Gasteiger partial charge in [-0.05, 0) is 48.0 Å². The summed E-state index contributed by atoms with van der Waals surface area (Å²) in [5, 5.41) is 3.25. The Balaban J connectivity index is 1.42. The molecule has 0 radical (unpaired) electrons. The molecule has 0 spiro atoms. The molecule has 4 rings (SSSR count). The van der Waals surface area contributed by atoms with E-state index in [9.17, 15) is 4.79 Å². The fourth-order valence-corrected chi connectivity index (χ4v) is 2.93. The number of ether oxygens (including phenoxy) is 2. The summed E-state index contributed by atoms with van der Waals surface area (Å²) in [6.07, 6.45) is 6.11. The molecule has 2 heterocycles. The Morgan fingerprint density at radius 1 is 1.15 bits per heavy atom. The van der Waals surface area contributed by atoms with E-state index in [2.05, 4.69) is 10.3 Å². The average Bonchev–Trinajstić information content (AvgIpc) is 3.22. The van der Waals surface area contributed by atoms with Crippen LogP contribution < -0.4 is 14.8 Å². The van der Waals surface area contributed by atoms with Gasteiger partial charge in [0.25, 0.3) is 0 Å². The number of fused-ring (bicyclic) bond motifs is 1. The van der Waals surface area contributed by atoms with Gasteiger partial charge in [0.15, 0.2) is 23.7 Å². The first-order chi connectivity index (χ1) is 13.2. The Hall–Kier alpha value is -3.25. The highest BCUT2D eigenvalue weighted by atomic mass is 35.5. The molecule has 7 heteroatoms. The predicted octanol–water partition coefficient (Wildman–Crippen LogP) is 4.42. The van der Waals surface area contributed by atoms with Crippen molar-refractivity contribution in [1.29, 1.82) is 0 Å². The number of benzene rings is 2. The summed E-state index contributed by atoms with van der Waals surface area (Å²) in [6.45, 7) is 0.945. The first kappa shape index (κ1) is 17.2. The van der Waals surface area contributed by atoms with Gasteiger partial charge in [-0.25, -0.2) is 4.98 Å². The Kier molecular flexibility index (Phi) is 4.80. The van der Waals surface area contributed by atoms with Gasteiger partial charge in [-0.2, -0.15) is 0 Å². The summed E-state index contributed by atoms with van der Waals surface area (Å²) in [4.78, 5) is 16.0. The third-order valence-electron chi connectivity index (χ3n) is 3.92. The van der Waals surface area contributed by atoms with Gasteiger partial charge in [-0.3, -0.25) is 4.79 Å². The van der Waals surface area contributed by atoms with Gasteiger partial charge in [-0.15, -0.1) is 0 Å². The van der Waals surface area contributed by atoms with Crippen LogP contribution in [0.3, 0.4) is 0 Å². The van der Waals surface area contributed by atoms with E-state index in [0.717, 1.165) is 11.1 Å². The quantitative estimate of drug-likeness (QED) is 0.676. The summed E-state index contributed by atoms with van der Waals surface area (Å²) in [6, 6.07) is 10.8. The minimum absolute atomic E-state index is 0.256. The molecule has 3 aromatic rings. The fourth-order valence-electron chi connectivity index (χ4n) is 2.66. The van der Waals surface area contributed by atoms with Crippen molar-refractivity contribution in [3.8, 4) is 22.8 Å². The third-order valence-corrected chi connectivity index (χ3v) is 4.20. The average molecular weight is 383 g/mol. The largest absolute Gasteiger partial charge is 0.486 e. The van der Waals surface area contributed by atoms with Gasteiger partial charge in [0.1, 0.15) is 13.2 Å². The van der Waals surface area contributed by atoms with Crippen LogP contribution in [0.5, 0.6) is 11.5 Å². The van der Waals surface area contributed by atoms with Crippen molar-refractivity contribution < 1.29 is 18.7 Å². The topological polar surface area (TPSA) is 73.6 Å². The van der Waals surface area contributed by atoms with Crippen LogP contribution in [-0.4, -0.2) is 24.1 Å². The van der Waals surface area contributed by atoms with E-state index in [4.69, 9.17) is 25.5 Å². The highest BCUT2D eigenvalue weighted by molar-refractivity contribution is 6.32. The second-order valence-electron chi connectivity index (χ2n) is 5.79. The summed E-state index contributed by atoms with van der Waals surface area (Å²) in [7, 11) is 0. The molecular weight excluding hydrogens is 368 g/mol. The Morgan fingerprint density at radius 3 is 2.74 bits per heavy atom. The Morgan fingerprint density at radius 2 is 1.96 bits per heavy atom. The second-order valence-corrected chi connectivity index (χ2v) is 6.20. The number of carbonyl (C=O) groups excluding carboxylic acids is 1. The lowest BCUT2D eigenvalue weighted by atomic mass is 10.1. The molecule has 0 saturated carbocycles. The molecule has 0 atom stereocenters. The van der Waals surface area contributed by atoms with Crippen molar-refractivity contribution in [2.24, 2.45) is 0 Å². The monoisotopic (exact) mass is 382 g/mol. The van der Waals surface area contributed by atoms with Crippen molar-refractivity contribution in [3.05, 3.63) is 65.7 Å². The molecule has 6 nitrogen and oxygen atoms in total. The molecule has 1 aliphatic heterocycles. The van der Waals surface area contributed by atoms with Gasteiger partial charge in [0, 0.05) is 17.3 Å². The summed E-state index contributed by atoms with van der Waals surface area (Å²) in [5.41, 5.74) is 2.31. The van der Waals surface area contributed by atoms with Crippen LogP contribution in [-0.2, 0) is 4.79 Å². The van der Waals surface area contributed by atoms with E-state index in [1.807, 2.05) is 12.1 Å². The van der Waals surface area contributed by atoms with Crippen molar-refractivity contribution in [2.75, 3.05) is 18.5 Å². The van der Waals surface area contributed by atoms with Crippen LogP contribution in [0.1, 0.15) is 5.56 Å². The van der Waals surface area contributed by atoms with Crippen LogP contribution in [0.4, 0.5) is 5.69 Å². The molecule has 0 aliphatic carbocycles. The highest BCUT2D eigenvalue weighted by Gasteiger charge is 2.16. The number of nitrogens with one attached hydrogen (secondary N) is 1. The van der Waals surface area contributed by atoms with Crippen LogP contribution in [0.2, 0.25) is 5.02 Å². The van der Waals surface area contributed by atoms with Gasteiger partial charge < -0.3 is 19.2 Å². The van der Waals surface area contributed by atoms with Gasteiger partial charge in [-0.1, -0.05) is 11.6 Å². The maximum atomic E-state index is 12.2. The molecule has 2 aromatic carbocycles. The molecule has 27 heavy (non-hydrogen) atoms. The molecule has 1 aromatic heterocycles. The summed E-state index contributed by atoms with van der Waals surface area (Å²) in [5.74, 6) is 1.53. The van der Waals surface area contributed by atoms with Crippen LogP contribution in [0, 0.1) is 0 Å². The smallest absolute Gasteiger partial charge is 0.248 e. The van der Waals surface area contributed by atoms with Crippen LogP contribution in [0.15, 0.2) is 59.5 Å². The molecule has 0 fully saturated rings. The number of rotatable bonds is 4. The van der Waals surface area contributed by atoms with Crippen molar-refractivity contribution in [3.63, 3.8) is 0 Å². The number of anilines is 1.